The van der Waals surface area contributed by atoms with E-state index in [9.17, 15) is 10.1 Å². The Bertz CT molecular complexity index is 1020. The molecule has 3 aromatic carbocycles. The molecule has 0 radical (unpaired) electrons. The van der Waals surface area contributed by atoms with Gasteiger partial charge in [0.2, 0.25) is 0 Å². The fourth-order valence-electron chi connectivity index (χ4n) is 2.71. The van der Waals surface area contributed by atoms with Gasteiger partial charge in [-0.1, -0.05) is 42.5 Å². The second-order valence-corrected chi connectivity index (χ2v) is 6.02. The maximum Gasteiger partial charge on any atom is 0.282 e. The molecule has 0 atom stereocenters. The van der Waals surface area contributed by atoms with E-state index in [-0.39, 0.29) is 18.0 Å². The Kier molecular flexibility index (Phi) is 6.42. The lowest BCUT2D eigenvalue weighted by Crippen LogP contribution is -2.01. The summed E-state index contributed by atoms with van der Waals surface area (Å²) in [6, 6.07) is 19.6. The third-order valence-electron chi connectivity index (χ3n) is 4.17. The molecule has 0 heterocycles. The van der Waals surface area contributed by atoms with Crippen LogP contribution in [0.4, 0.5) is 11.4 Å². The number of nitro groups is 1. The van der Waals surface area contributed by atoms with Crippen molar-refractivity contribution in [2.45, 2.75) is 6.61 Å². The lowest BCUT2D eigenvalue weighted by Gasteiger charge is -2.12. The molecule has 0 fully saturated rings. The summed E-state index contributed by atoms with van der Waals surface area (Å²) >= 11 is 0. The number of hydrogen-bond donors (Lipinski definition) is 0. The first-order valence-corrected chi connectivity index (χ1v) is 8.82. The molecule has 0 aliphatic carbocycles. The largest absolute Gasteiger partial charge is 0.494 e. The minimum atomic E-state index is -0.474. The Hall–Kier alpha value is -3.87. The number of ether oxygens (including phenoxy) is 3. The Morgan fingerprint density at radius 3 is 2.31 bits per heavy atom. The van der Waals surface area contributed by atoms with E-state index in [0.29, 0.717) is 22.7 Å². The zero-order valence-electron chi connectivity index (χ0n) is 16.1. The molecule has 0 spiro atoms. The Labute approximate surface area is 168 Å². The standard InChI is InChI=1S/C22H20N2O5/c1-27-20-11-7-6-10-18(20)23-14-17-12-21(28-2)22(13-19(17)24(25)26)29-15-16-8-4-3-5-9-16/h3-14H,15H2,1-2H3. The molecule has 0 bridgehead atoms. The van der Waals surface area contributed by atoms with Crippen molar-refractivity contribution < 1.29 is 19.1 Å². The van der Waals surface area contributed by atoms with Gasteiger partial charge in [-0.25, -0.2) is 0 Å². The predicted molar refractivity (Wildman–Crippen MR) is 111 cm³/mol. The Balaban J connectivity index is 1.93. The number of nitrogens with zero attached hydrogens (tertiary/aromatic N) is 2. The van der Waals surface area contributed by atoms with E-state index in [4.69, 9.17) is 14.2 Å². The minimum absolute atomic E-state index is 0.132. The predicted octanol–water partition coefficient (Wildman–Crippen LogP) is 4.94. The SMILES string of the molecule is COc1ccccc1N=Cc1cc(OC)c(OCc2ccccc2)cc1[N+](=O)[O-]. The first-order valence-electron chi connectivity index (χ1n) is 8.82. The number of hydrogen-bond acceptors (Lipinski definition) is 6. The molecule has 0 unspecified atom stereocenters. The van der Waals surface area contributed by atoms with Crippen LogP contribution in [0.3, 0.4) is 0 Å². The lowest BCUT2D eigenvalue weighted by atomic mass is 10.1. The molecule has 0 amide bonds. The van der Waals surface area contributed by atoms with Crippen molar-refractivity contribution in [3.63, 3.8) is 0 Å². The van der Waals surface area contributed by atoms with Crippen molar-refractivity contribution in [3.8, 4) is 17.2 Å². The van der Waals surface area contributed by atoms with Gasteiger partial charge in [0.25, 0.3) is 5.69 Å². The van der Waals surface area contributed by atoms with Crippen LogP contribution >= 0.6 is 0 Å². The molecular formula is C22H20N2O5. The molecule has 29 heavy (non-hydrogen) atoms. The summed E-state index contributed by atoms with van der Waals surface area (Å²) in [5.41, 5.74) is 1.67. The minimum Gasteiger partial charge on any atom is -0.494 e. The second-order valence-electron chi connectivity index (χ2n) is 6.02. The molecule has 3 aromatic rings. The highest BCUT2D eigenvalue weighted by atomic mass is 16.6. The van der Waals surface area contributed by atoms with E-state index < -0.39 is 4.92 Å². The van der Waals surface area contributed by atoms with Gasteiger partial charge in [-0.15, -0.1) is 0 Å². The van der Waals surface area contributed by atoms with Crippen LogP contribution in [0.5, 0.6) is 17.2 Å². The van der Waals surface area contributed by atoms with Crippen LogP contribution in [0.25, 0.3) is 0 Å². The van der Waals surface area contributed by atoms with E-state index in [1.807, 2.05) is 42.5 Å². The molecule has 7 nitrogen and oxygen atoms in total. The van der Waals surface area contributed by atoms with E-state index in [0.717, 1.165) is 5.56 Å². The fraction of sp³-hybridized carbons (Fsp3) is 0.136. The normalized spacial score (nSPS) is 10.7. The maximum atomic E-state index is 11.6. The molecule has 0 aliphatic heterocycles. The summed E-state index contributed by atoms with van der Waals surface area (Å²) in [7, 11) is 3.02. The van der Waals surface area contributed by atoms with E-state index >= 15 is 0 Å². The molecule has 0 saturated heterocycles. The van der Waals surface area contributed by atoms with Gasteiger partial charge in [-0.2, -0.15) is 0 Å². The van der Waals surface area contributed by atoms with Crippen LogP contribution in [0.15, 0.2) is 71.7 Å². The Morgan fingerprint density at radius 2 is 1.62 bits per heavy atom. The van der Waals surface area contributed by atoms with Gasteiger partial charge in [0, 0.05) is 6.21 Å². The quantitative estimate of drug-likeness (QED) is 0.308. The number of rotatable bonds is 8. The van der Waals surface area contributed by atoms with E-state index in [1.54, 1.807) is 19.2 Å². The third kappa shape index (κ3) is 4.90. The van der Waals surface area contributed by atoms with Crippen molar-refractivity contribution >= 4 is 17.6 Å². The highest BCUT2D eigenvalue weighted by Crippen LogP contribution is 2.35. The maximum absolute atomic E-state index is 11.6. The molecule has 3 rings (SSSR count). The van der Waals surface area contributed by atoms with Crippen molar-refractivity contribution in [1.29, 1.82) is 0 Å². The van der Waals surface area contributed by atoms with Gasteiger partial charge in [-0.05, 0) is 23.8 Å². The van der Waals surface area contributed by atoms with Crippen LogP contribution in [0.1, 0.15) is 11.1 Å². The van der Waals surface area contributed by atoms with Crippen molar-refractivity contribution in [2.24, 2.45) is 4.99 Å². The monoisotopic (exact) mass is 392 g/mol. The van der Waals surface area contributed by atoms with E-state index in [1.165, 1.54) is 25.5 Å². The van der Waals surface area contributed by atoms with Crippen LogP contribution in [0.2, 0.25) is 0 Å². The topological polar surface area (TPSA) is 83.2 Å². The van der Waals surface area contributed by atoms with Gasteiger partial charge in [0.15, 0.2) is 11.5 Å². The first-order chi connectivity index (χ1) is 14.1. The molecule has 0 aromatic heterocycles. The third-order valence-corrected chi connectivity index (χ3v) is 4.17. The zero-order chi connectivity index (χ0) is 20.6. The number of methoxy groups -OCH3 is 2. The van der Waals surface area contributed by atoms with Gasteiger partial charge in [-0.3, -0.25) is 15.1 Å². The number of nitro benzene ring substituents is 1. The average Bonchev–Trinajstić information content (AvgIpc) is 2.76. The van der Waals surface area contributed by atoms with E-state index in [2.05, 4.69) is 4.99 Å². The highest BCUT2D eigenvalue weighted by molar-refractivity contribution is 5.89. The molecule has 0 N–H and O–H groups in total. The molecule has 0 saturated carbocycles. The molecular weight excluding hydrogens is 372 g/mol. The lowest BCUT2D eigenvalue weighted by molar-refractivity contribution is -0.385. The zero-order valence-corrected chi connectivity index (χ0v) is 16.1. The molecule has 148 valence electrons. The first kappa shape index (κ1) is 19.9. The summed E-state index contributed by atoms with van der Waals surface area (Å²) < 4.78 is 16.4. The summed E-state index contributed by atoms with van der Waals surface area (Å²) in [6.07, 6.45) is 1.42. The van der Waals surface area contributed by atoms with Gasteiger partial charge in [0.1, 0.15) is 18.0 Å². The summed E-state index contributed by atoms with van der Waals surface area (Å²) in [5.74, 6) is 1.24. The molecule has 7 heteroatoms. The number of para-hydroxylation sites is 2. The van der Waals surface area contributed by atoms with Gasteiger partial charge < -0.3 is 14.2 Å². The Morgan fingerprint density at radius 1 is 0.931 bits per heavy atom. The van der Waals surface area contributed by atoms with Crippen LogP contribution in [-0.2, 0) is 6.61 Å². The second kappa shape index (κ2) is 9.36. The highest BCUT2D eigenvalue weighted by Gasteiger charge is 2.19. The smallest absolute Gasteiger partial charge is 0.282 e. The fourth-order valence-corrected chi connectivity index (χ4v) is 2.71. The summed E-state index contributed by atoms with van der Waals surface area (Å²) in [6.45, 7) is 0.267. The van der Waals surface area contributed by atoms with Crippen molar-refractivity contribution in [1.82, 2.24) is 0 Å². The van der Waals surface area contributed by atoms with Gasteiger partial charge in [0.05, 0.1) is 30.8 Å². The summed E-state index contributed by atoms with van der Waals surface area (Å²) in [4.78, 5) is 15.5. The average molecular weight is 392 g/mol. The van der Waals surface area contributed by atoms with Crippen LogP contribution < -0.4 is 14.2 Å². The summed E-state index contributed by atoms with van der Waals surface area (Å²) in [5, 5.41) is 11.6. The van der Waals surface area contributed by atoms with Crippen LogP contribution in [-0.4, -0.2) is 25.4 Å². The number of benzene rings is 3. The van der Waals surface area contributed by atoms with Crippen molar-refractivity contribution in [3.05, 3.63) is 88.0 Å². The van der Waals surface area contributed by atoms with Crippen molar-refractivity contribution in [2.75, 3.05) is 14.2 Å². The van der Waals surface area contributed by atoms with Crippen LogP contribution in [0, 0.1) is 10.1 Å². The molecule has 0 aliphatic rings. The van der Waals surface area contributed by atoms with Gasteiger partial charge >= 0.3 is 0 Å². The number of aliphatic imine (C=N–C) groups is 1.